The molecule has 5 heteroatoms. The zero-order valence-electron chi connectivity index (χ0n) is 5.66. The van der Waals surface area contributed by atoms with Crippen LogP contribution in [0.5, 0.6) is 0 Å². The first-order chi connectivity index (χ1) is 4.88. The molecule has 1 fully saturated rings. The summed E-state index contributed by atoms with van der Waals surface area (Å²) >= 11 is 23.0. The predicted octanol–water partition coefficient (Wildman–Crippen LogP) is 2.88. The van der Waals surface area contributed by atoms with E-state index in [1.54, 1.807) is 0 Å². The Labute approximate surface area is 85.6 Å². The highest BCUT2D eigenvalue weighted by Gasteiger charge is 2.54. The van der Waals surface area contributed by atoms with Crippen LogP contribution in [0.25, 0.3) is 0 Å². The van der Waals surface area contributed by atoms with Crippen LogP contribution in [0.3, 0.4) is 0 Å². The van der Waals surface area contributed by atoms with Crippen LogP contribution in [0.15, 0.2) is 0 Å². The summed E-state index contributed by atoms with van der Waals surface area (Å²) in [5.74, 6) is 0. The van der Waals surface area contributed by atoms with Crippen LogP contribution in [0.1, 0.15) is 19.3 Å². The lowest BCUT2D eigenvalue weighted by molar-refractivity contribution is 0.0781. The second-order valence-electron chi connectivity index (χ2n) is 2.74. The zero-order valence-corrected chi connectivity index (χ0v) is 8.68. The van der Waals surface area contributed by atoms with Crippen molar-refractivity contribution in [3.05, 3.63) is 0 Å². The van der Waals surface area contributed by atoms with Crippen LogP contribution in [-0.4, -0.2) is 19.9 Å². The molecule has 0 radical (unpaired) electrons. The van der Waals surface area contributed by atoms with Gasteiger partial charge in [-0.1, -0.05) is 34.8 Å². The van der Waals surface area contributed by atoms with Gasteiger partial charge in [-0.2, -0.15) is 0 Å². The van der Waals surface area contributed by atoms with Gasteiger partial charge in [-0.15, -0.1) is 11.6 Å². The molecule has 0 aromatic carbocycles. The van der Waals surface area contributed by atoms with Crippen LogP contribution in [0.2, 0.25) is 0 Å². The van der Waals surface area contributed by atoms with E-state index in [9.17, 15) is 5.11 Å². The van der Waals surface area contributed by atoms with E-state index in [1.807, 2.05) is 0 Å². The summed E-state index contributed by atoms with van der Waals surface area (Å²) in [6.45, 7) is 0. The average Bonchev–Trinajstić information content (AvgIpc) is 1.84. The first-order valence-electron chi connectivity index (χ1n) is 3.31. The van der Waals surface area contributed by atoms with Crippen molar-refractivity contribution in [3.63, 3.8) is 0 Å². The summed E-state index contributed by atoms with van der Waals surface area (Å²) in [6, 6.07) is 0. The fourth-order valence-electron chi connectivity index (χ4n) is 1.10. The summed E-state index contributed by atoms with van der Waals surface area (Å²) in [5.41, 5.74) is 0. The molecule has 2 unspecified atom stereocenters. The molecule has 1 saturated carbocycles. The molecule has 0 bridgehead atoms. The minimum atomic E-state index is -1.58. The number of alkyl halides is 4. The molecule has 0 saturated heterocycles. The quantitative estimate of drug-likeness (QED) is 0.643. The SMILES string of the molecule is OC1(Cl)CCCC(Cl)C1(Cl)Cl. The normalized spacial score (nSPS) is 43.9. The third-order valence-electron chi connectivity index (χ3n) is 1.87. The number of rotatable bonds is 0. The number of halogens is 4. The fraction of sp³-hybridized carbons (Fsp3) is 1.00. The minimum Gasteiger partial charge on any atom is -0.372 e. The van der Waals surface area contributed by atoms with Crippen molar-refractivity contribution >= 4 is 46.4 Å². The van der Waals surface area contributed by atoms with Crippen LogP contribution in [-0.2, 0) is 0 Å². The summed E-state index contributed by atoms with van der Waals surface area (Å²) < 4.78 is -1.44. The Bertz CT molecular complexity index is 157. The van der Waals surface area contributed by atoms with Gasteiger partial charge in [0, 0.05) is 0 Å². The van der Waals surface area contributed by atoms with Crippen molar-refractivity contribution in [2.45, 2.75) is 34.0 Å². The maximum Gasteiger partial charge on any atom is 0.176 e. The van der Waals surface area contributed by atoms with Crippen molar-refractivity contribution in [2.75, 3.05) is 0 Å². The Morgan fingerprint density at radius 3 is 2.18 bits per heavy atom. The number of aliphatic hydroxyl groups is 1. The highest BCUT2D eigenvalue weighted by Crippen LogP contribution is 2.49. The van der Waals surface area contributed by atoms with Gasteiger partial charge in [0.25, 0.3) is 0 Å². The molecule has 1 aliphatic rings. The average molecular weight is 238 g/mol. The van der Waals surface area contributed by atoms with E-state index in [0.29, 0.717) is 12.8 Å². The van der Waals surface area contributed by atoms with Crippen LogP contribution in [0.4, 0.5) is 0 Å². The molecule has 0 spiro atoms. The maximum absolute atomic E-state index is 9.49. The van der Waals surface area contributed by atoms with Gasteiger partial charge in [0.2, 0.25) is 0 Å². The second kappa shape index (κ2) is 3.12. The van der Waals surface area contributed by atoms with Crippen molar-refractivity contribution in [2.24, 2.45) is 0 Å². The first kappa shape index (κ1) is 10.2. The number of hydrogen-bond acceptors (Lipinski definition) is 1. The van der Waals surface area contributed by atoms with Gasteiger partial charge >= 0.3 is 0 Å². The monoisotopic (exact) mass is 236 g/mol. The van der Waals surface area contributed by atoms with Crippen molar-refractivity contribution in [1.82, 2.24) is 0 Å². The topological polar surface area (TPSA) is 20.2 Å². The van der Waals surface area contributed by atoms with E-state index < -0.39 is 14.8 Å². The molecule has 0 heterocycles. The van der Waals surface area contributed by atoms with Gasteiger partial charge in [-0.25, -0.2) is 0 Å². The molecule has 2 atom stereocenters. The fourth-order valence-corrected chi connectivity index (χ4v) is 2.17. The third kappa shape index (κ3) is 1.73. The van der Waals surface area contributed by atoms with E-state index >= 15 is 0 Å². The highest BCUT2D eigenvalue weighted by atomic mass is 35.5. The molecule has 1 N–H and O–H groups in total. The van der Waals surface area contributed by atoms with Gasteiger partial charge in [-0.3, -0.25) is 0 Å². The Kier molecular flexibility index (Phi) is 2.89. The number of hydrogen-bond donors (Lipinski definition) is 1. The zero-order chi connectivity index (χ0) is 8.70. The van der Waals surface area contributed by atoms with Crippen molar-refractivity contribution < 1.29 is 5.11 Å². The Balaban J connectivity index is 2.82. The van der Waals surface area contributed by atoms with E-state index in [-0.39, 0.29) is 0 Å². The highest BCUT2D eigenvalue weighted by molar-refractivity contribution is 6.56. The largest absolute Gasteiger partial charge is 0.372 e. The molecule has 66 valence electrons. The Hall–Kier alpha value is 1.12. The first-order valence-corrected chi connectivity index (χ1v) is 4.88. The van der Waals surface area contributed by atoms with Gasteiger partial charge in [-0.05, 0) is 19.3 Å². The Morgan fingerprint density at radius 2 is 1.82 bits per heavy atom. The smallest absolute Gasteiger partial charge is 0.176 e. The molecule has 0 aromatic rings. The van der Waals surface area contributed by atoms with Crippen molar-refractivity contribution in [3.8, 4) is 0 Å². The molecular formula is C6H8Cl4O. The molecule has 0 aliphatic heterocycles. The predicted molar refractivity (Wildman–Crippen MR) is 48.7 cm³/mol. The van der Waals surface area contributed by atoms with Gasteiger partial charge in [0.1, 0.15) is 0 Å². The molecule has 1 nitrogen and oxygen atoms in total. The summed E-state index contributed by atoms with van der Waals surface area (Å²) in [4.78, 5) is 0. The van der Waals surface area contributed by atoms with Crippen molar-refractivity contribution in [1.29, 1.82) is 0 Å². The maximum atomic E-state index is 9.49. The van der Waals surface area contributed by atoms with Gasteiger partial charge in [0.15, 0.2) is 9.39 Å². The molecule has 1 aliphatic carbocycles. The third-order valence-corrected chi connectivity index (χ3v) is 4.47. The summed E-state index contributed by atoms with van der Waals surface area (Å²) in [6.07, 6.45) is 1.81. The summed E-state index contributed by atoms with van der Waals surface area (Å²) in [7, 11) is 0. The van der Waals surface area contributed by atoms with Crippen LogP contribution >= 0.6 is 46.4 Å². The second-order valence-corrected chi connectivity index (χ2v) is 5.28. The molecule has 1 rings (SSSR count). The lowest BCUT2D eigenvalue weighted by atomic mass is 9.95. The van der Waals surface area contributed by atoms with E-state index in [0.717, 1.165) is 6.42 Å². The van der Waals surface area contributed by atoms with Crippen LogP contribution in [0, 0.1) is 0 Å². The molecule has 0 aromatic heterocycles. The van der Waals surface area contributed by atoms with E-state index in [1.165, 1.54) is 0 Å². The summed E-state index contributed by atoms with van der Waals surface area (Å²) in [5, 5.41) is 7.42. The molecule has 0 amide bonds. The molecular weight excluding hydrogens is 230 g/mol. The Morgan fingerprint density at radius 1 is 1.27 bits per heavy atom. The standard InChI is InChI=1S/C6H8Cl4O/c7-4-2-1-3-5(8,11)6(4,9)10/h4,11H,1-3H2. The van der Waals surface area contributed by atoms with Crippen LogP contribution < -0.4 is 0 Å². The lowest BCUT2D eigenvalue weighted by Crippen LogP contribution is -2.50. The van der Waals surface area contributed by atoms with E-state index in [2.05, 4.69) is 0 Å². The minimum absolute atomic E-state index is 0.380. The van der Waals surface area contributed by atoms with Gasteiger partial charge in [0.05, 0.1) is 5.38 Å². The van der Waals surface area contributed by atoms with E-state index in [4.69, 9.17) is 46.4 Å². The van der Waals surface area contributed by atoms with Gasteiger partial charge < -0.3 is 5.11 Å². The molecule has 11 heavy (non-hydrogen) atoms. The lowest BCUT2D eigenvalue weighted by Gasteiger charge is -2.40.